The van der Waals surface area contributed by atoms with Gasteiger partial charge in [0.05, 0.1) is 19.8 Å². The van der Waals surface area contributed by atoms with Gasteiger partial charge < -0.3 is 9.47 Å². The summed E-state index contributed by atoms with van der Waals surface area (Å²) in [6.45, 7) is 5.38. The lowest BCUT2D eigenvalue weighted by molar-refractivity contribution is 0.0524. The predicted octanol–water partition coefficient (Wildman–Crippen LogP) is 3.78. The molecular weight excluding hydrogens is 256 g/mol. The van der Waals surface area contributed by atoms with Gasteiger partial charge in [-0.2, -0.15) is 0 Å². The summed E-state index contributed by atoms with van der Waals surface area (Å²) in [7, 11) is 0. The molecule has 0 amide bonds. The first kappa shape index (κ1) is 15.4. The van der Waals surface area contributed by atoms with E-state index in [2.05, 4.69) is 22.9 Å². The normalized spacial score (nSPS) is 10.8. The summed E-state index contributed by atoms with van der Waals surface area (Å²) in [4.78, 5) is 0. The summed E-state index contributed by atoms with van der Waals surface area (Å²) in [5.74, 6) is 0. The highest BCUT2D eigenvalue weighted by Gasteiger charge is 1.91. The van der Waals surface area contributed by atoms with Crippen molar-refractivity contribution in [2.24, 2.45) is 0 Å². The van der Waals surface area contributed by atoms with Crippen LogP contribution in [0.1, 0.15) is 45.4 Å². The molecule has 0 aromatic carbocycles. The third kappa shape index (κ3) is 14.4. The Labute approximate surface area is 103 Å². The molecule has 0 aliphatic heterocycles. The van der Waals surface area contributed by atoms with Crippen LogP contribution < -0.4 is 0 Å². The average Bonchev–Trinajstić information content (AvgIpc) is 2.26. The minimum atomic E-state index is 0.724. The van der Waals surface area contributed by atoms with Gasteiger partial charge in [0.25, 0.3) is 0 Å². The van der Waals surface area contributed by atoms with Gasteiger partial charge in [0.1, 0.15) is 0 Å². The lowest BCUT2D eigenvalue weighted by Gasteiger charge is -2.04. The van der Waals surface area contributed by atoms with Crippen LogP contribution in [0.5, 0.6) is 0 Å². The van der Waals surface area contributed by atoms with Crippen LogP contribution in [0.2, 0.25) is 0 Å². The summed E-state index contributed by atoms with van der Waals surface area (Å²) in [6.07, 6.45) is 7.94. The van der Waals surface area contributed by atoms with Gasteiger partial charge in [-0.15, -0.1) is 0 Å². The van der Waals surface area contributed by atoms with Crippen molar-refractivity contribution in [3.63, 3.8) is 0 Å². The molecular formula is C12H25BrO2. The highest BCUT2D eigenvalue weighted by Crippen LogP contribution is 2.04. The number of alkyl halides is 1. The van der Waals surface area contributed by atoms with E-state index in [4.69, 9.17) is 9.47 Å². The molecule has 92 valence electrons. The first-order chi connectivity index (χ1) is 7.41. The monoisotopic (exact) mass is 280 g/mol. The lowest BCUT2D eigenvalue weighted by Crippen LogP contribution is -2.06. The first-order valence-electron chi connectivity index (χ1n) is 6.13. The van der Waals surface area contributed by atoms with Crippen LogP contribution >= 0.6 is 15.9 Å². The number of ether oxygens (including phenoxy) is 2. The Morgan fingerprint density at radius 1 is 0.733 bits per heavy atom. The van der Waals surface area contributed by atoms with Crippen molar-refractivity contribution in [2.75, 3.05) is 31.8 Å². The van der Waals surface area contributed by atoms with Gasteiger partial charge in [-0.3, -0.25) is 0 Å². The van der Waals surface area contributed by atoms with Crippen molar-refractivity contribution in [2.45, 2.75) is 45.4 Å². The Hall–Kier alpha value is 0.400. The van der Waals surface area contributed by atoms with Crippen LogP contribution in [-0.4, -0.2) is 31.8 Å². The molecule has 0 aromatic rings. The van der Waals surface area contributed by atoms with E-state index in [1.165, 1.54) is 38.5 Å². The van der Waals surface area contributed by atoms with E-state index >= 15 is 0 Å². The van der Waals surface area contributed by atoms with E-state index in [1.54, 1.807) is 0 Å². The van der Waals surface area contributed by atoms with E-state index in [0.29, 0.717) is 0 Å². The fourth-order valence-corrected chi connectivity index (χ4v) is 1.59. The van der Waals surface area contributed by atoms with Gasteiger partial charge in [-0.25, -0.2) is 0 Å². The van der Waals surface area contributed by atoms with E-state index in [0.717, 1.165) is 31.8 Å². The van der Waals surface area contributed by atoms with Crippen LogP contribution in [0.4, 0.5) is 0 Å². The van der Waals surface area contributed by atoms with Crippen LogP contribution in [0.3, 0.4) is 0 Å². The topological polar surface area (TPSA) is 18.5 Å². The molecule has 0 radical (unpaired) electrons. The maximum atomic E-state index is 5.45. The number of halogens is 1. The molecule has 3 heteroatoms. The molecule has 0 bridgehead atoms. The van der Waals surface area contributed by atoms with Crippen molar-refractivity contribution < 1.29 is 9.47 Å². The summed E-state index contributed by atoms with van der Waals surface area (Å²) < 4.78 is 10.7. The standard InChI is InChI=1S/C12H25BrO2/c1-2-3-4-5-6-7-9-14-11-12-15-10-8-13/h2-12H2,1H3. The molecule has 0 unspecified atom stereocenters. The zero-order valence-corrected chi connectivity index (χ0v) is 11.6. The summed E-state index contributed by atoms with van der Waals surface area (Å²) in [5.41, 5.74) is 0. The molecule has 15 heavy (non-hydrogen) atoms. The Balaban J connectivity index is 2.81. The molecule has 0 spiro atoms. The molecule has 2 nitrogen and oxygen atoms in total. The summed E-state index contributed by atoms with van der Waals surface area (Å²) in [5, 5.41) is 0.907. The maximum Gasteiger partial charge on any atom is 0.0700 e. The summed E-state index contributed by atoms with van der Waals surface area (Å²) in [6, 6.07) is 0. The molecule has 0 aliphatic rings. The quantitative estimate of drug-likeness (QED) is 0.400. The zero-order chi connectivity index (χ0) is 11.2. The lowest BCUT2D eigenvalue weighted by atomic mass is 10.1. The smallest absolute Gasteiger partial charge is 0.0700 e. The van der Waals surface area contributed by atoms with Crippen molar-refractivity contribution in [1.82, 2.24) is 0 Å². The van der Waals surface area contributed by atoms with Crippen LogP contribution in [0.25, 0.3) is 0 Å². The molecule has 0 aromatic heterocycles. The van der Waals surface area contributed by atoms with Crippen LogP contribution in [-0.2, 0) is 9.47 Å². The van der Waals surface area contributed by atoms with Crippen molar-refractivity contribution in [3.8, 4) is 0 Å². The Kier molecular flexibility index (Phi) is 14.8. The molecule has 0 atom stereocenters. The van der Waals surface area contributed by atoms with E-state index in [9.17, 15) is 0 Å². The molecule has 0 heterocycles. The van der Waals surface area contributed by atoms with Gasteiger partial charge in [-0.05, 0) is 6.42 Å². The van der Waals surface area contributed by atoms with E-state index in [1.807, 2.05) is 0 Å². The second-order valence-corrected chi connectivity index (χ2v) is 4.47. The SMILES string of the molecule is CCCCCCCCOCCOCCBr. The number of hydrogen-bond donors (Lipinski definition) is 0. The Morgan fingerprint density at radius 3 is 2.00 bits per heavy atom. The van der Waals surface area contributed by atoms with Crippen LogP contribution in [0.15, 0.2) is 0 Å². The number of unbranched alkanes of at least 4 members (excludes halogenated alkanes) is 5. The van der Waals surface area contributed by atoms with Gasteiger partial charge in [0.2, 0.25) is 0 Å². The largest absolute Gasteiger partial charge is 0.379 e. The predicted molar refractivity (Wildman–Crippen MR) is 68.8 cm³/mol. The highest BCUT2D eigenvalue weighted by molar-refractivity contribution is 9.09. The number of hydrogen-bond acceptors (Lipinski definition) is 2. The average molecular weight is 281 g/mol. The van der Waals surface area contributed by atoms with Gasteiger partial charge in [0, 0.05) is 11.9 Å². The Bertz CT molecular complexity index is 97.8. The fraction of sp³-hybridized carbons (Fsp3) is 1.00. The van der Waals surface area contributed by atoms with E-state index < -0.39 is 0 Å². The second-order valence-electron chi connectivity index (χ2n) is 3.68. The first-order valence-corrected chi connectivity index (χ1v) is 7.25. The third-order valence-corrected chi connectivity index (χ3v) is 2.56. The minimum absolute atomic E-state index is 0.724. The third-order valence-electron chi connectivity index (χ3n) is 2.24. The van der Waals surface area contributed by atoms with Gasteiger partial charge >= 0.3 is 0 Å². The molecule has 0 fully saturated rings. The zero-order valence-electron chi connectivity index (χ0n) is 9.97. The van der Waals surface area contributed by atoms with Crippen molar-refractivity contribution >= 4 is 15.9 Å². The fourth-order valence-electron chi connectivity index (χ4n) is 1.36. The molecule has 0 N–H and O–H groups in total. The molecule has 0 saturated heterocycles. The van der Waals surface area contributed by atoms with E-state index in [-0.39, 0.29) is 0 Å². The highest BCUT2D eigenvalue weighted by atomic mass is 79.9. The molecule has 0 aliphatic carbocycles. The van der Waals surface area contributed by atoms with Gasteiger partial charge in [0.15, 0.2) is 0 Å². The number of rotatable bonds is 12. The maximum absolute atomic E-state index is 5.45. The minimum Gasteiger partial charge on any atom is -0.379 e. The van der Waals surface area contributed by atoms with Crippen molar-refractivity contribution in [3.05, 3.63) is 0 Å². The van der Waals surface area contributed by atoms with Crippen molar-refractivity contribution in [1.29, 1.82) is 0 Å². The molecule has 0 rings (SSSR count). The van der Waals surface area contributed by atoms with Gasteiger partial charge in [-0.1, -0.05) is 55.0 Å². The summed E-state index contributed by atoms with van der Waals surface area (Å²) >= 11 is 3.31. The molecule has 0 saturated carbocycles. The Morgan fingerprint density at radius 2 is 1.33 bits per heavy atom. The van der Waals surface area contributed by atoms with Crippen LogP contribution in [0, 0.1) is 0 Å². The second kappa shape index (κ2) is 14.4.